The molecule has 0 spiro atoms. The van der Waals surface area contributed by atoms with E-state index in [9.17, 15) is 14.9 Å². The maximum Gasteiger partial charge on any atom is 0.312 e. The van der Waals surface area contributed by atoms with Crippen LogP contribution in [0.1, 0.15) is 41.0 Å². The number of rotatable bonds is 9. The molecule has 1 N–H and O–H groups in total. The number of amides is 1. The standard InChI is InChI=1S/C24H27N5O5/c1-15-8-6-7-9-20(15)14-34-21-11-10-19(12-22(21)33-5)13-25-26-24(30)18(4)28-17(3)23(29(31)32)16(2)27-28/h6-13,18H,14H2,1-5H3,(H,26,30)/b25-13+. The molecule has 10 heteroatoms. The number of benzene rings is 2. The fourth-order valence-electron chi connectivity index (χ4n) is 3.48. The maximum atomic E-state index is 12.5. The molecule has 10 nitrogen and oxygen atoms in total. The molecule has 0 saturated heterocycles. The quantitative estimate of drug-likeness (QED) is 0.289. The molecule has 0 bridgehead atoms. The van der Waals surface area contributed by atoms with Crippen LogP contribution in [-0.2, 0) is 11.4 Å². The van der Waals surface area contributed by atoms with Gasteiger partial charge in [-0.25, -0.2) is 5.43 Å². The van der Waals surface area contributed by atoms with E-state index in [1.807, 2.05) is 31.2 Å². The molecule has 3 rings (SSSR count). The van der Waals surface area contributed by atoms with Crippen LogP contribution in [-0.4, -0.2) is 33.9 Å². The lowest BCUT2D eigenvalue weighted by Crippen LogP contribution is -2.28. The van der Waals surface area contributed by atoms with Crippen LogP contribution in [0.2, 0.25) is 0 Å². The normalized spacial score (nSPS) is 11.9. The van der Waals surface area contributed by atoms with Crippen LogP contribution < -0.4 is 14.9 Å². The van der Waals surface area contributed by atoms with Gasteiger partial charge in [-0.2, -0.15) is 10.2 Å². The Morgan fingerprint density at radius 3 is 2.62 bits per heavy atom. The maximum absolute atomic E-state index is 12.5. The molecule has 0 radical (unpaired) electrons. The summed E-state index contributed by atoms with van der Waals surface area (Å²) in [5, 5.41) is 19.3. The van der Waals surface area contributed by atoms with Crippen molar-refractivity contribution in [3.05, 3.63) is 80.7 Å². The van der Waals surface area contributed by atoms with Crippen molar-refractivity contribution in [1.29, 1.82) is 0 Å². The molecule has 3 aromatic rings. The van der Waals surface area contributed by atoms with E-state index in [0.717, 1.165) is 11.1 Å². The van der Waals surface area contributed by atoms with Gasteiger partial charge in [0.15, 0.2) is 11.5 Å². The van der Waals surface area contributed by atoms with E-state index in [0.29, 0.717) is 29.4 Å². The molecule has 1 atom stereocenters. The summed E-state index contributed by atoms with van der Waals surface area (Å²) >= 11 is 0. The van der Waals surface area contributed by atoms with Crippen LogP contribution in [0.3, 0.4) is 0 Å². The average molecular weight is 466 g/mol. The van der Waals surface area contributed by atoms with Crippen LogP contribution in [0.25, 0.3) is 0 Å². The largest absolute Gasteiger partial charge is 0.493 e. The summed E-state index contributed by atoms with van der Waals surface area (Å²) in [5.41, 5.74) is 5.82. The molecule has 0 aliphatic rings. The van der Waals surface area contributed by atoms with E-state index in [1.54, 1.807) is 39.2 Å². The minimum absolute atomic E-state index is 0.0972. The van der Waals surface area contributed by atoms with Crippen molar-refractivity contribution in [2.45, 2.75) is 40.3 Å². The topological polar surface area (TPSA) is 121 Å². The zero-order valence-corrected chi connectivity index (χ0v) is 19.7. The number of aryl methyl sites for hydroxylation is 2. The van der Waals surface area contributed by atoms with E-state index in [-0.39, 0.29) is 11.4 Å². The lowest BCUT2D eigenvalue weighted by atomic mass is 10.1. The van der Waals surface area contributed by atoms with Crippen molar-refractivity contribution in [2.75, 3.05) is 7.11 Å². The number of nitrogens with zero attached hydrogens (tertiary/aromatic N) is 4. The predicted molar refractivity (Wildman–Crippen MR) is 127 cm³/mol. The number of ether oxygens (including phenoxy) is 2. The summed E-state index contributed by atoms with van der Waals surface area (Å²) < 4.78 is 12.7. The van der Waals surface area contributed by atoms with Crippen molar-refractivity contribution >= 4 is 17.8 Å². The Labute approximate surface area is 197 Å². The molecule has 178 valence electrons. The molecular weight excluding hydrogens is 438 g/mol. The number of aromatic nitrogens is 2. The lowest BCUT2D eigenvalue weighted by Gasteiger charge is -2.13. The van der Waals surface area contributed by atoms with Gasteiger partial charge in [0.25, 0.3) is 5.91 Å². The summed E-state index contributed by atoms with van der Waals surface area (Å²) in [5.74, 6) is 0.667. The van der Waals surface area contributed by atoms with Gasteiger partial charge in [-0.1, -0.05) is 24.3 Å². The Balaban J connectivity index is 1.65. The van der Waals surface area contributed by atoms with Crippen molar-refractivity contribution in [3.8, 4) is 11.5 Å². The molecule has 1 amide bonds. The predicted octanol–water partition coefficient (Wildman–Crippen LogP) is 4.02. The highest BCUT2D eigenvalue weighted by Crippen LogP contribution is 2.29. The second kappa shape index (κ2) is 10.6. The number of methoxy groups -OCH3 is 1. The molecule has 0 aliphatic carbocycles. The SMILES string of the molecule is COc1cc(/C=N/NC(=O)C(C)n2nc(C)c([N+](=O)[O-])c2C)ccc1OCc1ccccc1C. The highest BCUT2D eigenvalue weighted by atomic mass is 16.6. The van der Waals surface area contributed by atoms with Gasteiger partial charge < -0.3 is 9.47 Å². The first-order valence-electron chi connectivity index (χ1n) is 10.6. The highest BCUT2D eigenvalue weighted by Gasteiger charge is 2.26. The summed E-state index contributed by atoms with van der Waals surface area (Å²) in [6.07, 6.45) is 1.47. The van der Waals surface area contributed by atoms with Crippen LogP contribution in [0, 0.1) is 30.9 Å². The van der Waals surface area contributed by atoms with Gasteiger partial charge in [-0.15, -0.1) is 0 Å². The minimum Gasteiger partial charge on any atom is -0.493 e. The van der Waals surface area contributed by atoms with Gasteiger partial charge in [-0.3, -0.25) is 19.6 Å². The van der Waals surface area contributed by atoms with Crippen molar-refractivity contribution < 1.29 is 19.2 Å². The first-order valence-corrected chi connectivity index (χ1v) is 10.6. The van der Waals surface area contributed by atoms with Gasteiger partial charge in [0.2, 0.25) is 0 Å². The first-order chi connectivity index (χ1) is 16.2. The lowest BCUT2D eigenvalue weighted by molar-refractivity contribution is -0.386. The number of hydrazone groups is 1. The van der Waals surface area contributed by atoms with E-state index < -0.39 is 16.9 Å². The van der Waals surface area contributed by atoms with E-state index >= 15 is 0 Å². The van der Waals surface area contributed by atoms with Crippen LogP contribution >= 0.6 is 0 Å². The number of hydrogen-bond donors (Lipinski definition) is 1. The molecule has 0 fully saturated rings. The number of carbonyl (C=O) groups excluding carboxylic acids is 1. The van der Waals surface area contributed by atoms with Gasteiger partial charge >= 0.3 is 5.69 Å². The molecule has 0 aliphatic heterocycles. The minimum atomic E-state index is -0.781. The second-order valence-electron chi connectivity index (χ2n) is 7.76. The first kappa shape index (κ1) is 24.4. The van der Waals surface area contributed by atoms with E-state index in [1.165, 1.54) is 17.8 Å². The highest BCUT2D eigenvalue weighted by molar-refractivity contribution is 5.84. The zero-order chi connectivity index (χ0) is 24.8. The van der Waals surface area contributed by atoms with Crippen molar-refractivity contribution in [2.24, 2.45) is 5.10 Å². The third-order valence-corrected chi connectivity index (χ3v) is 5.44. The third-order valence-electron chi connectivity index (χ3n) is 5.44. The molecular formula is C24H27N5O5. The Kier molecular flexibility index (Phi) is 7.62. The molecule has 1 unspecified atom stereocenters. The summed E-state index contributed by atoms with van der Waals surface area (Å²) in [6, 6.07) is 12.5. The average Bonchev–Trinajstić information content (AvgIpc) is 3.12. The van der Waals surface area contributed by atoms with Gasteiger partial charge in [0.1, 0.15) is 24.0 Å². The second-order valence-corrected chi connectivity index (χ2v) is 7.76. The number of nitro groups is 1. The Hall–Kier alpha value is -4.21. The van der Waals surface area contributed by atoms with E-state index in [2.05, 4.69) is 15.6 Å². The van der Waals surface area contributed by atoms with Gasteiger partial charge in [0.05, 0.1) is 18.2 Å². The van der Waals surface area contributed by atoms with Crippen LogP contribution in [0.5, 0.6) is 11.5 Å². The third kappa shape index (κ3) is 5.40. The zero-order valence-electron chi connectivity index (χ0n) is 19.7. The number of carbonyl (C=O) groups is 1. The smallest absolute Gasteiger partial charge is 0.312 e. The van der Waals surface area contributed by atoms with Gasteiger partial charge in [0, 0.05) is 0 Å². The summed E-state index contributed by atoms with van der Waals surface area (Å²) in [4.78, 5) is 23.2. The molecule has 1 aromatic heterocycles. The molecule has 34 heavy (non-hydrogen) atoms. The fraction of sp³-hybridized carbons (Fsp3) is 0.292. The van der Waals surface area contributed by atoms with E-state index in [4.69, 9.17) is 9.47 Å². The Morgan fingerprint density at radius 1 is 1.24 bits per heavy atom. The number of hydrogen-bond acceptors (Lipinski definition) is 7. The van der Waals surface area contributed by atoms with Gasteiger partial charge in [-0.05, 0) is 62.6 Å². The molecule has 1 heterocycles. The Morgan fingerprint density at radius 2 is 1.97 bits per heavy atom. The summed E-state index contributed by atoms with van der Waals surface area (Å²) in [6.45, 7) is 7.12. The number of nitrogens with one attached hydrogen (secondary N) is 1. The molecule has 0 saturated carbocycles. The summed E-state index contributed by atoms with van der Waals surface area (Å²) in [7, 11) is 1.55. The van der Waals surface area contributed by atoms with Crippen molar-refractivity contribution in [3.63, 3.8) is 0 Å². The Bertz CT molecular complexity index is 1230. The van der Waals surface area contributed by atoms with Crippen LogP contribution in [0.4, 0.5) is 5.69 Å². The monoisotopic (exact) mass is 465 g/mol. The van der Waals surface area contributed by atoms with Crippen LogP contribution in [0.15, 0.2) is 47.6 Å². The van der Waals surface area contributed by atoms with Crippen molar-refractivity contribution in [1.82, 2.24) is 15.2 Å². The fourth-order valence-corrected chi connectivity index (χ4v) is 3.48. The molecule has 2 aromatic carbocycles.